The Morgan fingerprint density at radius 3 is 2.62 bits per heavy atom. The summed E-state index contributed by atoms with van der Waals surface area (Å²) in [4.78, 5) is 0. The van der Waals surface area contributed by atoms with Crippen molar-refractivity contribution in [3.05, 3.63) is 34.3 Å². The summed E-state index contributed by atoms with van der Waals surface area (Å²) in [5, 5.41) is 1.08. The summed E-state index contributed by atoms with van der Waals surface area (Å²) in [7, 11) is 0. The lowest BCUT2D eigenvalue weighted by Crippen LogP contribution is -1.94. The average Bonchev–Trinajstić information content (AvgIpc) is 2.07. The molecule has 0 bridgehead atoms. The molecule has 13 heavy (non-hydrogen) atoms. The molecule has 0 radical (unpaired) electrons. The number of hydrogen-bond donors (Lipinski definition) is 0. The quantitative estimate of drug-likeness (QED) is 0.665. The minimum atomic E-state index is 0.236. The van der Waals surface area contributed by atoms with Crippen LogP contribution in [0.1, 0.15) is 24.5 Å². The van der Waals surface area contributed by atoms with Crippen LogP contribution in [0.15, 0.2) is 18.2 Å². The van der Waals surface area contributed by atoms with E-state index in [9.17, 15) is 0 Å². The van der Waals surface area contributed by atoms with Gasteiger partial charge in [-0.15, -0.1) is 11.6 Å². The molecule has 0 spiro atoms. The predicted octanol–water partition coefficient (Wildman–Crippen LogP) is 4.21. The minimum Gasteiger partial charge on any atom is -0.123 e. The lowest BCUT2D eigenvalue weighted by Gasteiger charge is -2.05. The smallest absolute Gasteiger partial charge is 0.0437 e. The highest BCUT2D eigenvalue weighted by molar-refractivity contribution is 6.31. The number of halogens is 2. The first-order chi connectivity index (χ1) is 6.09. The van der Waals surface area contributed by atoms with Gasteiger partial charge in [0, 0.05) is 10.4 Å². The maximum Gasteiger partial charge on any atom is 0.0437 e. The molecule has 0 heterocycles. The third kappa shape index (κ3) is 3.58. The van der Waals surface area contributed by atoms with Crippen molar-refractivity contribution in [2.75, 3.05) is 0 Å². The van der Waals surface area contributed by atoms with E-state index in [1.54, 1.807) is 0 Å². The van der Waals surface area contributed by atoms with Crippen molar-refractivity contribution in [1.82, 2.24) is 0 Å². The number of rotatable bonds is 3. The molecule has 1 aromatic carbocycles. The van der Waals surface area contributed by atoms with Crippen LogP contribution in [-0.2, 0) is 6.42 Å². The summed E-state index contributed by atoms with van der Waals surface area (Å²) >= 11 is 11.9. The lowest BCUT2D eigenvalue weighted by atomic mass is 10.1. The van der Waals surface area contributed by atoms with Crippen molar-refractivity contribution in [2.24, 2.45) is 0 Å². The molecule has 0 aliphatic carbocycles. The first kappa shape index (κ1) is 10.9. The van der Waals surface area contributed by atoms with E-state index in [2.05, 4.69) is 12.1 Å². The average molecular weight is 217 g/mol. The highest BCUT2D eigenvalue weighted by Crippen LogP contribution is 2.18. The molecule has 72 valence electrons. The molecular formula is C11H14Cl2. The molecule has 1 rings (SSSR count). The van der Waals surface area contributed by atoms with Crippen molar-refractivity contribution in [2.45, 2.75) is 32.1 Å². The van der Waals surface area contributed by atoms with E-state index >= 15 is 0 Å². The Morgan fingerprint density at radius 1 is 1.38 bits per heavy atom. The van der Waals surface area contributed by atoms with Crippen molar-refractivity contribution in [1.29, 1.82) is 0 Å². The number of hydrogen-bond acceptors (Lipinski definition) is 0. The maximum atomic E-state index is 6.00. The van der Waals surface area contributed by atoms with E-state index < -0.39 is 0 Å². The van der Waals surface area contributed by atoms with Crippen LogP contribution in [0.4, 0.5) is 0 Å². The summed E-state index contributed by atoms with van der Waals surface area (Å²) in [6, 6.07) is 6.19. The molecule has 0 saturated carbocycles. The molecule has 0 N–H and O–H groups in total. The van der Waals surface area contributed by atoms with Gasteiger partial charge in [-0.3, -0.25) is 0 Å². The van der Waals surface area contributed by atoms with Crippen LogP contribution in [0.2, 0.25) is 5.02 Å². The molecule has 0 amide bonds. The second-order valence-corrected chi connectivity index (χ2v) is 4.56. The Labute approximate surface area is 89.9 Å². The third-order valence-corrected chi connectivity index (χ3v) is 2.69. The fraction of sp³-hybridized carbons (Fsp3) is 0.455. The number of aryl methyl sites for hydroxylation is 2. The Hall–Kier alpha value is -0.200. The highest BCUT2D eigenvalue weighted by atomic mass is 35.5. The van der Waals surface area contributed by atoms with Crippen LogP contribution in [0.5, 0.6) is 0 Å². The Balaban J connectivity index is 2.63. The van der Waals surface area contributed by atoms with E-state index in [0.717, 1.165) is 23.4 Å². The molecule has 0 aliphatic heterocycles. The van der Waals surface area contributed by atoms with Crippen LogP contribution in [-0.4, -0.2) is 5.38 Å². The molecule has 0 aromatic heterocycles. The van der Waals surface area contributed by atoms with Crippen LogP contribution in [0, 0.1) is 6.92 Å². The first-order valence-corrected chi connectivity index (χ1v) is 5.30. The summed E-state index contributed by atoms with van der Waals surface area (Å²) in [5.41, 5.74) is 2.40. The topological polar surface area (TPSA) is 0 Å². The van der Waals surface area contributed by atoms with Gasteiger partial charge in [-0.2, -0.15) is 0 Å². The summed E-state index contributed by atoms with van der Waals surface area (Å²) in [6.07, 6.45) is 2.01. The van der Waals surface area contributed by atoms with Gasteiger partial charge in [0.2, 0.25) is 0 Å². The van der Waals surface area contributed by atoms with Gasteiger partial charge >= 0.3 is 0 Å². The van der Waals surface area contributed by atoms with Crippen LogP contribution in [0.25, 0.3) is 0 Å². The SMILES string of the molecule is Cc1ccc(CCC(C)Cl)cc1Cl. The zero-order valence-electron chi connectivity index (χ0n) is 7.98. The van der Waals surface area contributed by atoms with E-state index in [1.807, 2.05) is 19.9 Å². The summed E-state index contributed by atoms with van der Waals surface area (Å²) in [5.74, 6) is 0. The Morgan fingerprint density at radius 2 is 2.08 bits per heavy atom. The van der Waals surface area contributed by atoms with Gasteiger partial charge < -0.3 is 0 Å². The monoisotopic (exact) mass is 216 g/mol. The van der Waals surface area contributed by atoms with Crippen LogP contribution in [0.3, 0.4) is 0 Å². The van der Waals surface area contributed by atoms with Crippen LogP contribution < -0.4 is 0 Å². The van der Waals surface area contributed by atoms with E-state index in [-0.39, 0.29) is 5.38 Å². The Kier molecular flexibility index (Phi) is 4.08. The van der Waals surface area contributed by atoms with Crippen molar-refractivity contribution >= 4 is 23.2 Å². The molecule has 1 atom stereocenters. The van der Waals surface area contributed by atoms with E-state index in [1.165, 1.54) is 5.56 Å². The van der Waals surface area contributed by atoms with Gasteiger partial charge in [0.15, 0.2) is 0 Å². The molecule has 2 heteroatoms. The minimum absolute atomic E-state index is 0.236. The number of alkyl halides is 1. The molecular weight excluding hydrogens is 203 g/mol. The van der Waals surface area contributed by atoms with E-state index in [0.29, 0.717) is 0 Å². The zero-order valence-corrected chi connectivity index (χ0v) is 9.49. The standard InChI is InChI=1S/C11H14Cl2/c1-8-3-5-10(7-11(8)13)6-4-9(2)12/h3,5,7,9H,4,6H2,1-2H3. The van der Waals surface area contributed by atoms with Gasteiger partial charge in [0.05, 0.1) is 0 Å². The molecule has 0 saturated heterocycles. The van der Waals surface area contributed by atoms with Crippen LogP contribution >= 0.6 is 23.2 Å². The van der Waals surface area contributed by atoms with Gasteiger partial charge in [-0.1, -0.05) is 23.7 Å². The zero-order chi connectivity index (χ0) is 9.84. The van der Waals surface area contributed by atoms with Crippen molar-refractivity contribution < 1.29 is 0 Å². The fourth-order valence-corrected chi connectivity index (χ4v) is 1.47. The fourth-order valence-electron chi connectivity index (χ4n) is 1.16. The summed E-state index contributed by atoms with van der Waals surface area (Å²) < 4.78 is 0. The largest absolute Gasteiger partial charge is 0.123 e. The molecule has 1 unspecified atom stereocenters. The second-order valence-electron chi connectivity index (χ2n) is 3.40. The lowest BCUT2D eigenvalue weighted by molar-refractivity contribution is 0.803. The van der Waals surface area contributed by atoms with Crippen molar-refractivity contribution in [3.8, 4) is 0 Å². The normalized spacial score (nSPS) is 12.9. The molecule has 1 aromatic rings. The van der Waals surface area contributed by atoms with E-state index in [4.69, 9.17) is 23.2 Å². The summed E-state index contributed by atoms with van der Waals surface area (Å²) in [6.45, 7) is 4.02. The molecule has 0 aliphatic rings. The Bertz CT molecular complexity index is 279. The maximum absolute atomic E-state index is 6.00. The van der Waals surface area contributed by atoms with Gasteiger partial charge in [-0.25, -0.2) is 0 Å². The molecule has 0 fully saturated rings. The highest BCUT2D eigenvalue weighted by Gasteiger charge is 2.00. The van der Waals surface area contributed by atoms with Gasteiger partial charge in [0.25, 0.3) is 0 Å². The van der Waals surface area contributed by atoms with Gasteiger partial charge in [-0.05, 0) is 43.9 Å². The molecule has 0 nitrogen and oxygen atoms in total. The predicted molar refractivity (Wildman–Crippen MR) is 59.8 cm³/mol. The second kappa shape index (κ2) is 4.88. The van der Waals surface area contributed by atoms with Gasteiger partial charge in [0.1, 0.15) is 0 Å². The van der Waals surface area contributed by atoms with Crippen molar-refractivity contribution in [3.63, 3.8) is 0 Å². The first-order valence-electron chi connectivity index (χ1n) is 4.48. The number of benzene rings is 1. The third-order valence-electron chi connectivity index (χ3n) is 2.07.